The van der Waals surface area contributed by atoms with Gasteiger partial charge in [-0.3, -0.25) is 9.59 Å². The number of benzene rings is 2. The summed E-state index contributed by atoms with van der Waals surface area (Å²) in [4.78, 5) is 34.4. The van der Waals surface area contributed by atoms with Crippen LogP contribution in [0.4, 0.5) is 4.39 Å². The van der Waals surface area contributed by atoms with Crippen LogP contribution in [0, 0.1) is 5.82 Å². The number of aromatic amines is 1. The highest BCUT2D eigenvalue weighted by atomic mass is 19.1. The van der Waals surface area contributed by atoms with Crippen LogP contribution in [0.2, 0.25) is 0 Å². The lowest BCUT2D eigenvalue weighted by molar-refractivity contribution is 0.0720. The van der Waals surface area contributed by atoms with Crippen LogP contribution in [-0.4, -0.2) is 44.9 Å². The van der Waals surface area contributed by atoms with Crippen molar-refractivity contribution in [2.45, 2.75) is 19.6 Å². The monoisotopic (exact) mass is 410 g/mol. The Hall–Kier alpha value is -3.52. The molecule has 0 saturated heterocycles. The van der Waals surface area contributed by atoms with Crippen LogP contribution in [0.25, 0.3) is 0 Å². The largest absolute Gasteiger partial charge is 0.501 e. The molecule has 7 nitrogen and oxygen atoms in total. The lowest BCUT2D eigenvalue weighted by Gasteiger charge is -2.23. The molecular weight excluding hydrogens is 387 g/mol. The summed E-state index contributed by atoms with van der Waals surface area (Å²) in [6.45, 7) is 1.13. The van der Waals surface area contributed by atoms with Crippen molar-refractivity contribution < 1.29 is 14.3 Å². The molecule has 2 aromatic carbocycles. The number of H-pyrrole nitrogens is 1. The van der Waals surface area contributed by atoms with Gasteiger partial charge in [-0.05, 0) is 42.9 Å². The summed E-state index contributed by atoms with van der Waals surface area (Å²) in [7, 11) is 3.94. The van der Waals surface area contributed by atoms with Crippen LogP contribution in [0.1, 0.15) is 27.2 Å². The number of rotatable bonds is 7. The third-order valence-corrected chi connectivity index (χ3v) is 4.47. The van der Waals surface area contributed by atoms with E-state index in [0.29, 0.717) is 5.56 Å². The molecule has 0 bridgehead atoms. The Morgan fingerprint density at radius 3 is 2.33 bits per heavy atom. The number of halogens is 1. The predicted molar refractivity (Wildman–Crippen MR) is 110 cm³/mol. The Kier molecular flexibility index (Phi) is 6.58. The molecular formula is C22H23FN4O3. The first-order valence-electron chi connectivity index (χ1n) is 9.36. The second-order valence-corrected chi connectivity index (χ2v) is 7.27. The third-order valence-electron chi connectivity index (χ3n) is 4.47. The van der Waals surface area contributed by atoms with Crippen molar-refractivity contribution in [3.8, 4) is 5.75 Å². The number of hydrogen-bond acceptors (Lipinski definition) is 5. The van der Waals surface area contributed by atoms with Gasteiger partial charge in [-0.2, -0.15) is 0 Å². The smallest absolute Gasteiger partial charge is 0.293 e. The van der Waals surface area contributed by atoms with Gasteiger partial charge in [0.25, 0.3) is 11.5 Å². The van der Waals surface area contributed by atoms with Crippen molar-refractivity contribution in [1.29, 1.82) is 0 Å². The van der Waals surface area contributed by atoms with Crippen LogP contribution in [-0.2, 0) is 19.6 Å². The molecule has 8 heteroatoms. The number of carbonyl (C=O) groups excluding carboxylic acids is 1. The van der Waals surface area contributed by atoms with E-state index in [1.54, 1.807) is 12.1 Å². The Bertz CT molecular complexity index is 1080. The van der Waals surface area contributed by atoms with E-state index in [1.807, 2.05) is 43.3 Å². The Morgan fingerprint density at radius 2 is 1.67 bits per heavy atom. The molecule has 1 aromatic heterocycles. The molecule has 0 unspecified atom stereocenters. The highest BCUT2D eigenvalue weighted by molar-refractivity contribution is 5.94. The van der Waals surface area contributed by atoms with Crippen molar-refractivity contribution in [1.82, 2.24) is 19.8 Å². The normalized spacial score (nSPS) is 10.9. The highest BCUT2D eigenvalue weighted by Crippen LogP contribution is 2.18. The zero-order chi connectivity index (χ0) is 21.7. The number of amides is 1. The summed E-state index contributed by atoms with van der Waals surface area (Å²) in [6.07, 6.45) is 1.07. The van der Waals surface area contributed by atoms with E-state index in [4.69, 9.17) is 0 Å². The average Bonchev–Trinajstić information content (AvgIpc) is 2.70. The molecule has 1 amide bonds. The molecule has 0 radical (unpaired) electrons. The van der Waals surface area contributed by atoms with E-state index < -0.39 is 17.2 Å². The molecule has 0 aliphatic heterocycles. The van der Waals surface area contributed by atoms with Crippen LogP contribution in [0.3, 0.4) is 0 Å². The van der Waals surface area contributed by atoms with E-state index >= 15 is 0 Å². The minimum Gasteiger partial charge on any atom is -0.501 e. The van der Waals surface area contributed by atoms with Gasteiger partial charge in [0.05, 0.1) is 6.33 Å². The highest BCUT2D eigenvalue weighted by Gasteiger charge is 2.23. The van der Waals surface area contributed by atoms with Crippen molar-refractivity contribution >= 4 is 5.91 Å². The third kappa shape index (κ3) is 5.30. The molecule has 156 valence electrons. The molecule has 1 heterocycles. The maximum absolute atomic E-state index is 13.3. The summed E-state index contributed by atoms with van der Waals surface area (Å²) >= 11 is 0. The Labute approximate surface area is 173 Å². The summed E-state index contributed by atoms with van der Waals surface area (Å²) in [5, 5.41) is 10.0. The summed E-state index contributed by atoms with van der Waals surface area (Å²) in [5.74, 6) is -1.70. The van der Waals surface area contributed by atoms with Gasteiger partial charge >= 0.3 is 0 Å². The van der Waals surface area contributed by atoms with E-state index in [-0.39, 0.29) is 24.6 Å². The molecule has 3 aromatic rings. The molecule has 0 spiro atoms. The zero-order valence-corrected chi connectivity index (χ0v) is 16.8. The summed E-state index contributed by atoms with van der Waals surface area (Å²) in [5.41, 5.74) is 1.56. The van der Waals surface area contributed by atoms with Gasteiger partial charge in [0, 0.05) is 19.6 Å². The first kappa shape index (κ1) is 21.2. The van der Waals surface area contributed by atoms with Crippen LogP contribution in [0.5, 0.6) is 5.75 Å². The maximum atomic E-state index is 13.3. The number of nitrogens with zero attached hydrogens (tertiary/aromatic N) is 3. The van der Waals surface area contributed by atoms with Crippen molar-refractivity contribution in [3.05, 3.63) is 93.4 Å². The quantitative estimate of drug-likeness (QED) is 0.625. The van der Waals surface area contributed by atoms with Crippen LogP contribution >= 0.6 is 0 Å². The molecule has 0 fully saturated rings. The minimum absolute atomic E-state index is 0.158. The van der Waals surface area contributed by atoms with Crippen LogP contribution < -0.4 is 5.56 Å². The number of aromatic hydroxyl groups is 1. The molecule has 0 atom stereocenters. The van der Waals surface area contributed by atoms with Gasteiger partial charge in [0.15, 0.2) is 5.69 Å². The topological polar surface area (TPSA) is 89.5 Å². The van der Waals surface area contributed by atoms with Crippen molar-refractivity contribution in [2.24, 2.45) is 0 Å². The average molecular weight is 410 g/mol. The van der Waals surface area contributed by atoms with Gasteiger partial charge in [-0.15, -0.1) is 0 Å². The fourth-order valence-electron chi connectivity index (χ4n) is 3.12. The number of carbonyl (C=O) groups is 1. The summed E-state index contributed by atoms with van der Waals surface area (Å²) < 4.78 is 13.3. The van der Waals surface area contributed by atoms with E-state index in [1.165, 1.54) is 17.0 Å². The standard InChI is InChI=1S/C22H23FN4O3/c1-26(2)11-16-4-3-5-17(10-16)13-27(12-15-6-8-18(23)9-7-15)22(30)19-20(28)21(29)25-14-24-19/h3-10,14,28H,11-13H2,1-2H3,(H,24,25,29). The van der Waals surface area contributed by atoms with Crippen molar-refractivity contribution in [2.75, 3.05) is 14.1 Å². The predicted octanol–water partition coefficient (Wildman–Crippen LogP) is 2.52. The molecule has 0 saturated carbocycles. The van der Waals surface area contributed by atoms with Gasteiger partial charge < -0.3 is 19.9 Å². The molecule has 0 aliphatic carbocycles. The van der Waals surface area contributed by atoms with Gasteiger partial charge in [-0.1, -0.05) is 36.4 Å². The van der Waals surface area contributed by atoms with Gasteiger partial charge in [-0.25, -0.2) is 9.37 Å². The van der Waals surface area contributed by atoms with Crippen LogP contribution in [0.15, 0.2) is 59.7 Å². The lowest BCUT2D eigenvalue weighted by atomic mass is 10.1. The first-order valence-corrected chi connectivity index (χ1v) is 9.36. The van der Waals surface area contributed by atoms with Gasteiger partial charge in [0.2, 0.25) is 5.75 Å². The number of aromatic nitrogens is 2. The second-order valence-electron chi connectivity index (χ2n) is 7.27. The SMILES string of the molecule is CN(C)Cc1cccc(CN(Cc2ccc(F)cc2)C(=O)c2nc[nH]c(=O)c2O)c1. The lowest BCUT2D eigenvalue weighted by Crippen LogP contribution is -2.32. The number of hydrogen-bond donors (Lipinski definition) is 2. The second kappa shape index (κ2) is 9.32. The zero-order valence-electron chi connectivity index (χ0n) is 16.8. The fourth-order valence-corrected chi connectivity index (χ4v) is 3.12. The molecule has 2 N–H and O–H groups in total. The molecule has 3 rings (SSSR count). The fraction of sp³-hybridized carbons (Fsp3) is 0.227. The van der Waals surface area contributed by atoms with Crippen molar-refractivity contribution in [3.63, 3.8) is 0 Å². The summed E-state index contributed by atoms with van der Waals surface area (Å²) in [6, 6.07) is 13.6. The Morgan fingerprint density at radius 1 is 1.03 bits per heavy atom. The maximum Gasteiger partial charge on any atom is 0.293 e. The first-order chi connectivity index (χ1) is 14.3. The number of nitrogens with one attached hydrogen (secondary N) is 1. The molecule has 30 heavy (non-hydrogen) atoms. The Balaban J connectivity index is 1.93. The van der Waals surface area contributed by atoms with E-state index in [0.717, 1.165) is 24.0 Å². The van der Waals surface area contributed by atoms with Gasteiger partial charge in [0.1, 0.15) is 5.82 Å². The molecule has 0 aliphatic rings. The van der Waals surface area contributed by atoms with E-state index in [2.05, 4.69) is 9.97 Å². The van der Waals surface area contributed by atoms with E-state index in [9.17, 15) is 19.1 Å². The minimum atomic E-state index is -0.789.